The minimum atomic E-state index is 0.897. The maximum atomic E-state index is 5.43. The molecule has 4 aromatic heterocycles. The van der Waals surface area contributed by atoms with Crippen LogP contribution in [0.5, 0.6) is 0 Å². The van der Waals surface area contributed by atoms with Crippen LogP contribution in [0.15, 0.2) is 158 Å². The minimum absolute atomic E-state index is 0.897. The molecule has 4 heteroatoms. The van der Waals surface area contributed by atoms with Gasteiger partial charge in [-0.05, 0) is 47.5 Å². The predicted molar refractivity (Wildman–Crippen MR) is 182 cm³/mol. The Hall–Kier alpha value is -6.00. The second-order valence-corrected chi connectivity index (χ2v) is 11.0. The van der Waals surface area contributed by atoms with Gasteiger partial charge in [0.1, 0.15) is 11.0 Å². The van der Waals surface area contributed by atoms with Crippen LogP contribution >= 0.6 is 0 Å². The molecule has 44 heavy (non-hydrogen) atoms. The van der Waals surface area contributed by atoms with Crippen LogP contribution < -0.4 is 0 Å². The smallest absolute Gasteiger partial charge is 0.116 e. The topological polar surface area (TPSA) is 35.6 Å². The van der Waals surface area contributed by atoms with E-state index in [1.54, 1.807) is 0 Å². The number of para-hydroxylation sites is 3. The zero-order chi connectivity index (χ0) is 29.0. The number of rotatable bonds is 4. The molecule has 0 aliphatic carbocycles. The Morgan fingerprint density at radius 3 is 1.59 bits per heavy atom. The second kappa shape index (κ2) is 9.79. The third-order valence-electron chi connectivity index (χ3n) is 8.58. The standard InChI is InChI=1S/C40H26N4/c1-3-14-27(15-4-1)29-18-7-10-21-32(29)43-34-23-12-9-20-31(34)38-36(43)26-37-40(42-38)39-35(24-13-25-41-39)44(37)33-22-11-8-19-30(33)28-16-5-2-6-17-28/h1-26H. The van der Waals surface area contributed by atoms with E-state index in [4.69, 9.17) is 9.97 Å². The summed E-state index contributed by atoms with van der Waals surface area (Å²) in [6.07, 6.45) is 1.86. The number of pyridine rings is 2. The first-order valence-electron chi connectivity index (χ1n) is 14.9. The Morgan fingerprint density at radius 1 is 0.386 bits per heavy atom. The lowest BCUT2D eigenvalue weighted by atomic mass is 10.0. The van der Waals surface area contributed by atoms with Gasteiger partial charge in [-0.15, -0.1) is 0 Å². The quantitative estimate of drug-likeness (QED) is 0.214. The summed E-state index contributed by atoms with van der Waals surface area (Å²) in [5.74, 6) is 0. The molecule has 0 aliphatic rings. The van der Waals surface area contributed by atoms with Gasteiger partial charge < -0.3 is 9.13 Å². The van der Waals surface area contributed by atoms with Crippen molar-refractivity contribution < 1.29 is 0 Å². The van der Waals surface area contributed by atoms with Crippen molar-refractivity contribution in [3.05, 3.63) is 158 Å². The Kier molecular flexibility index (Phi) is 5.47. The number of hydrogen-bond acceptors (Lipinski definition) is 2. The average Bonchev–Trinajstić information content (AvgIpc) is 3.60. The van der Waals surface area contributed by atoms with Crippen LogP contribution in [-0.2, 0) is 0 Å². The normalized spacial score (nSPS) is 11.6. The van der Waals surface area contributed by atoms with Crippen LogP contribution in [0.3, 0.4) is 0 Å². The van der Waals surface area contributed by atoms with E-state index in [0.29, 0.717) is 0 Å². The molecule has 9 aromatic rings. The third-order valence-corrected chi connectivity index (χ3v) is 8.58. The summed E-state index contributed by atoms with van der Waals surface area (Å²) in [5.41, 5.74) is 13.9. The number of benzene rings is 5. The van der Waals surface area contributed by atoms with E-state index in [9.17, 15) is 0 Å². The molecule has 206 valence electrons. The SMILES string of the molecule is c1ccc(-c2ccccc2-n2c3ccccc3c3nc4c5ncccc5n(-c5ccccc5-c5ccccc5)c4cc32)cc1. The largest absolute Gasteiger partial charge is 0.307 e. The number of aromatic nitrogens is 4. The van der Waals surface area contributed by atoms with E-state index in [0.717, 1.165) is 60.9 Å². The van der Waals surface area contributed by atoms with E-state index in [1.807, 2.05) is 12.3 Å². The van der Waals surface area contributed by atoms with Crippen LogP contribution in [0.1, 0.15) is 0 Å². The molecule has 4 nitrogen and oxygen atoms in total. The fourth-order valence-corrected chi connectivity index (χ4v) is 6.67. The lowest BCUT2D eigenvalue weighted by Gasteiger charge is -2.15. The van der Waals surface area contributed by atoms with Crippen molar-refractivity contribution in [3.8, 4) is 33.6 Å². The molecular weight excluding hydrogens is 536 g/mol. The fourth-order valence-electron chi connectivity index (χ4n) is 6.67. The number of nitrogens with zero attached hydrogens (tertiary/aromatic N) is 4. The van der Waals surface area contributed by atoms with Crippen molar-refractivity contribution in [2.75, 3.05) is 0 Å². The molecule has 0 radical (unpaired) electrons. The Bertz CT molecular complexity index is 2320. The molecule has 0 bridgehead atoms. The molecule has 4 heterocycles. The van der Waals surface area contributed by atoms with Gasteiger partial charge in [0.15, 0.2) is 0 Å². The summed E-state index contributed by atoms with van der Waals surface area (Å²) >= 11 is 0. The van der Waals surface area contributed by atoms with Gasteiger partial charge in [0.2, 0.25) is 0 Å². The maximum Gasteiger partial charge on any atom is 0.116 e. The van der Waals surface area contributed by atoms with Crippen LogP contribution in [0.2, 0.25) is 0 Å². The van der Waals surface area contributed by atoms with Crippen molar-refractivity contribution in [2.45, 2.75) is 0 Å². The van der Waals surface area contributed by atoms with Crippen LogP contribution in [0.4, 0.5) is 0 Å². The predicted octanol–water partition coefficient (Wildman–Crippen LogP) is 10.0. The molecule has 9 rings (SSSR count). The lowest BCUT2D eigenvalue weighted by molar-refractivity contribution is 1.16. The van der Waals surface area contributed by atoms with Gasteiger partial charge >= 0.3 is 0 Å². The Balaban J connectivity index is 1.43. The fraction of sp³-hybridized carbons (Fsp3) is 0. The molecule has 0 N–H and O–H groups in total. The molecule has 0 saturated carbocycles. The molecule has 0 spiro atoms. The Morgan fingerprint density at radius 2 is 0.909 bits per heavy atom. The van der Waals surface area contributed by atoms with E-state index in [2.05, 4.69) is 155 Å². The van der Waals surface area contributed by atoms with Gasteiger partial charge in [-0.3, -0.25) is 4.98 Å². The first-order chi connectivity index (χ1) is 21.9. The zero-order valence-corrected chi connectivity index (χ0v) is 23.8. The molecular formula is C40H26N4. The van der Waals surface area contributed by atoms with Crippen molar-refractivity contribution in [2.24, 2.45) is 0 Å². The highest BCUT2D eigenvalue weighted by Crippen LogP contribution is 2.40. The highest BCUT2D eigenvalue weighted by atomic mass is 15.0. The summed E-state index contributed by atoms with van der Waals surface area (Å²) in [7, 11) is 0. The van der Waals surface area contributed by atoms with E-state index < -0.39 is 0 Å². The number of hydrogen-bond donors (Lipinski definition) is 0. The molecule has 5 aromatic carbocycles. The molecule has 0 aliphatic heterocycles. The van der Waals surface area contributed by atoms with Gasteiger partial charge in [-0.25, -0.2) is 4.98 Å². The molecule has 0 amide bonds. The van der Waals surface area contributed by atoms with Crippen LogP contribution in [0, 0.1) is 0 Å². The zero-order valence-electron chi connectivity index (χ0n) is 23.8. The van der Waals surface area contributed by atoms with Crippen molar-refractivity contribution in [1.29, 1.82) is 0 Å². The number of fused-ring (bicyclic) bond motifs is 6. The van der Waals surface area contributed by atoms with Crippen molar-refractivity contribution in [1.82, 2.24) is 19.1 Å². The lowest BCUT2D eigenvalue weighted by Crippen LogP contribution is -1.99. The first kappa shape index (κ1) is 24.6. The summed E-state index contributed by atoms with van der Waals surface area (Å²) in [6.45, 7) is 0. The van der Waals surface area contributed by atoms with Gasteiger partial charge in [0, 0.05) is 22.7 Å². The third kappa shape index (κ3) is 3.64. The summed E-state index contributed by atoms with van der Waals surface area (Å²) in [5, 5.41) is 1.12. The molecule has 0 fully saturated rings. The molecule has 0 atom stereocenters. The maximum absolute atomic E-state index is 5.43. The first-order valence-corrected chi connectivity index (χ1v) is 14.9. The molecule has 0 saturated heterocycles. The highest BCUT2D eigenvalue weighted by molar-refractivity contribution is 6.14. The van der Waals surface area contributed by atoms with Crippen LogP contribution in [-0.4, -0.2) is 19.1 Å². The summed E-state index contributed by atoms with van der Waals surface area (Å²) < 4.78 is 4.70. The van der Waals surface area contributed by atoms with E-state index in [-0.39, 0.29) is 0 Å². The van der Waals surface area contributed by atoms with Crippen LogP contribution in [0.25, 0.3) is 77.6 Å². The van der Waals surface area contributed by atoms with Crippen molar-refractivity contribution in [3.63, 3.8) is 0 Å². The van der Waals surface area contributed by atoms with Gasteiger partial charge in [0.25, 0.3) is 0 Å². The van der Waals surface area contributed by atoms with E-state index >= 15 is 0 Å². The monoisotopic (exact) mass is 562 g/mol. The minimum Gasteiger partial charge on any atom is -0.307 e. The summed E-state index contributed by atoms with van der Waals surface area (Å²) in [4.78, 5) is 10.3. The second-order valence-electron chi connectivity index (χ2n) is 11.0. The van der Waals surface area contributed by atoms with Gasteiger partial charge in [-0.1, -0.05) is 115 Å². The van der Waals surface area contributed by atoms with E-state index in [1.165, 1.54) is 16.7 Å². The molecule has 0 unspecified atom stereocenters. The summed E-state index contributed by atoms with van der Waals surface area (Å²) in [6, 6.07) is 53.4. The van der Waals surface area contributed by atoms with Gasteiger partial charge in [-0.2, -0.15) is 0 Å². The van der Waals surface area contributed by atoms with Crippen molar-refractivity contribution >= 4 is 44.0 Å². The Labute approximate surface area is 254 Å². The highest BCUT2D eigenvalue weighted by Gasteiger charge is 2.22. The average molecular weight is 563 g/mol. The van der Waals surface area contributed by atoms with Gasteiger partial charge in [0.05, 0.1) is 39.0 Å².